The van der Waals surface area contributed by atoms with E-state index >= 15 is 0 Å². The number of hydrogen-bond donors (Lipinski definition) is 1. The van der Waals surface area contributed by atoms with Gasteiger partial charge in [0.05, 0.1) is 23.8 Å². The summed E-state index contributed by atoms with van der Waals surface area (Å²) in [4.78, 5) is 27.9. The van der Waals surface area contributed by atoms with Crippen molar-refractivity contribution < 1.29 is 23.1 Å². The Balaban J connectivity index is 1.62. The Morgan fingerprint density at radius 2 is 2.00 bits per heavy atom. The minimum Gasteiger partial charge on any atom is -0.453 e. The van der Waals surface area contributed by atoms with Crippen molar-refractivity contribution in [1.82, 2.24) is 10.2 Å². The van der Waals surface area contributed by atoms with E-state index in [0.29, 0.717) is 11.4 Å². The quantitative estimate of drug-likeness (QED) is 0.797. The highest BCUT2D eigenvalue weighted by Crippen LogP contribution is 2.42. The number of aryl methyl sites for hydroxylation is 1. The molecule has 6 nitrogen and oxygen atoms in total. The van der Waals surface area contributed by atoms with Crippen molar-refractivity contribution in [3.05, 3.63) is 52.3 Å². The van der Waals surface area contributed by atoms with Gasteiger partial charge in [-0.15, -0.1) is 0 Å². The van der Waals surface area contributed by atoms with Gasteiger partial charge in [-0.2, -0.15) is 0 Å². The maximum Gasteiger partial charge on any atom is 0.318 e. The van der Waals surface area contributed by atoms with Gasteiger partial charge in [-0.25, -0.2) is 13.6 Å². The van der Waals surface area contributed by atoms with Crippen molar-refractivity contribution in [2.45, 2.75) is 25.6 Å². The lowest BCUT2D eigenvalue weighted by atomic mass is 9.95. The van der Waals surface area contributed by atoms with Crippen LogP contribution in [0.2, 0.25) is 5.02 Å². The molecule has 0 aliphatic carbocycles. The first kappa shape index (κ1) is 20.4. The number of anilines is 1. The first-order chi connectivity index (χ1) is 14.2. The van der Waals surface area contributed by atoms with Gasteiger partial charge in [-0.3, -0.25) is 4.79 Å². The molecule has 2 aromatic rings. The number of ether oxygens (including phenoxy) is 1. The highest BCUT2D eigenvalue weighted by Gasteiger charge is 2.37. The van der Waals surface area contributed by atoms with Crippen LogP contribution in [0.25, 0.3) is 0 Å². The number of nitrogens with one attached hydrogen (secondary N) is 1. The maximum atomic E-state index is 13.7. The molecule has 1 fully saturated rings. The number of nitrogens with zero attached hydrogens (tertiary/aromatic N) is 2. The van der Waals surface area contributed by atoms with Gasteiger partial charge in [-0.1, -0.05) is 23.7 Å². The molecule has 2 aromatic carbocycles. The lowest BCUT2D eigenvalue weighted by Crippen LogP contribution is -2.60. The number of carbonyl (C=O) groups is 2. The Morgan fingerprint density at radius 1 is 1.27 bits per heavy atom. The molecule has 30 heavy (non-hydrogen) atoms. The van der Waals surface area contributed by atoms with Gasteiger partial charge in [0.25, 0.3) is 0 Å². The third-order valence-corrected chi connectivity index (χ3v) is 5.64. The Labute approximate surface area is 177 Å². The van der Waals surface area contributed by atoms with Crippen LogP contribution in [0.3, 0.4) is 0 Å². The Morgan fingerprint density at radius 3 is 2.70 bits per heavy atom. The molecule has 0 saturated carbocycles. The zero-order valence-electron chi connectivity index (χ0n) is 16.4. The number of hydrogen-bond acceptors (Lipinski definition) is 3. The molecule has 0 unspecified atom stereocenters. The highest BCUT2D eigenvalue weighted by atomic mass is 35.5. The predicted octanol–water partition coefficient (Wildman–Crippen LogP) is 3.83. The fourth-order valence-electron chi connectivity index (χ4n) is 3.63. The smallest absolute Gasteiger partial charge is 0.318 e. The number of urea groups is 1. The van der Waals surface area contributed by atoms with Crippen molar-refractivity contribution in [3.63, 3.8) is 0 Å². The van der Waals surface area contributed by atoms with E-state index < -0.39 is 24.1 Å². The van der Waals surface area contributed by atoms with Crippen LogP contribution in [-0.2, 0) is 11.2 Å². The summed E-state index contributed by atoms with van der Waals surface area (Å²) >= 11 is 6.14. The van der Waals surface area contributed by atoms with Crippen LogP contribution < -0.4 is 15.0 Å². The summed E-state index contributed by atoms with van der Waals surface area (Å²) in [6, 6.07) is 6.25. The molecule has 0 radical (unpaired) electrons. The maximum absolute atomic E-state index is 13.7. The lowest BCUT2D eigenvalue weighted by molar-refractivity contribution is -0.120. The van der Waals surface area contributed by atoms with Gasteiger partial charge in [0.1, 0.15) is 23.8 Å². The van der Waals surface area contributed by atoms with E-state index in [1.807, 2.05) is 19.1 Å². The van der Waals surface area contributed by atoms with Crippen LogP contribution in [0.1, 0.15) is 11.1 Å². The normalized spacial score (nSPS) is 18.7. The highest BCUT2D eigenvalue weighted by molar-refractivity contribution is 6.32. The average Bonchev–Trinajstić information content (AvgIpc) is 2.68. The molecule has 0 bridgehead atoms. The van der Waals surface area contributed by atoms with Crippen LogP contribution in [0, 0.1) is 12.7 Å². The van der Waals surface area contributed by atoms with Crippen LogP contribution in [0.4, 0.5) is 19.3 Å². The summed E-state index contributed by atoms with van der Waals surface area (Å²) in [5.74, 6) is -0.286. The summed E-state index contributed by atoms with van der Waals surface area (Å²) in [5.41, 5.74) is 2.06. The molecule has 4 rings (SSSR count). The molecular formula is C21H20ClF2N3O3. The Kier molecular flexibility index (Phi) is 5.27. The number of carbonyl (C=O) groups excluding carboxylic acids is 2. The summed E-state index contributed by atoms with van der Waals surface area (Å²) in [7, 11) is 1.58. The van der Waals surface area contributed by atoms with Crippen LogP contribution in [-0.4, -0.2) is 49.2 Å². The largest absolute Gasteiger partial charge is 0.453 e. The molecule has 1 N–H and O–H groups in total. The number of benzene rings is 2. The van der Waals surface area contributed by atoms with E-state index in [9.17, 15) is 18.4 Å². The SMILES string of the molecule is Cc1ccc2c(c1Oc1cc(F)ccc1Cl)N(C)C(=O)[C@H](NC(=O)N1CC(F)C1)C2. The summed E-state index contributed by atoms with van der Waals surface area (Å²) < 4.78 is 32.6. The number of fused-ring (bicyclic) bond motifs is 1. The number of rotatable bonds is 3. The third kappa shape index (κ3) is 3.67. The monoisotopic (exact) mass is 435 g/mol. The van der Waals surface area contributed by atoms with E-state index in [0.717, 1.165) is 11.1 Å². The van der Waals surface area contributed by atoms with Crippen molar-refractivity contribution in [1.29, 1.82) is 0 Å². The molecule has 1 saturated heterocycles. The Hall–Kier alpha value is -2.87. The minimum absolute atomic E-state index is 0.0325. The van der Waals surface area contributed by atoms with Crippen molar-refractivity contribution >= 4 is 29.2 Å². The second kappa shape index (κ2) is 7.75. The minimum atomic E-state index is -1.02. The Bertz CT molecular complexity index is 1030. The van der Waals surface area contributed by atoms with Gasteiger partial charge in [0.15, 0.2) is 5.75 Å². The molecule has 9 heteroatoms. The second-order valence-electron chi connectivity index (χ2n) is 7.50. The fourth-order valence-corrected chi connectivity index (χ4v) is 3.79. The van der Waals surface area contributed by atoms with Crippen molar-refractivity contribution in [2.24, 2.45) is 0 Å². The molecule has 3 amide bonds. The number of alkyl halides is 1. The second-order valence-corrected chi connectivity index (χ2v) is 7.91. The molecule has 2 aliphatic rings. The van der Waals surface area contributed by atoms with Gasteiger partial charge >= 0.3 is 6.03 Å². The van der Waals surface area contributed by atoms with Gasteiger partial charge in [-0.05, 0) is 30.2 Å². The molecule has 0 aromatic heterocycles. The van der Waals surface area contributed by atoms with Crippen molar-refractivity contribution in [3.8, 4) is 11.5 Å². The van der Waals surface area contributed by atoms with E-state index in [4.69, 9.17) is 16.3 Å². The number of likely N-dealkylation sites (N-methyl/N-ethyl adjacent to an activating group) is 1. The summed E-state index contributed by atoms with van der Waals surface area (Å²) in [5, 5.41) is 2.92. The zero-order valence-corrected chi connectivity index (χ0v) is 17.2. The predicted molar refractivity (Wildman–Crippen MR) is 109 cm³/mol. The van der Waals surface area contributed by atoms with Crippen LogP contribution in [0.5, 0.6) is 11.5 Å². The van der Waals surface area contributed by atoms with Gasteiger partial charge < -0.3 is 19.9 Å². The molecule has 1 atom stereocenters. The first-order valence-corrected chi connectivity index (χ1v) is 9.85. The van der Waals surface area contributed by atoms with E-state index in [2.05, 4.69) is 5.32 Å². The molecular weight excluding hydrogens is 416 g/mol. The summed E-state index contributed by atoms with van der Waals surface area (Å²) in [6.45, 7) is 1.88. The van der Waals surface area contributed by atoms with Gasteiger partial charge in [0.2, 0.25) is 5.91 Å². The van der Waals surface area contributed by atoms with E-state index in [1.54, 1.807) is 7.05 Å². The van der Waals surface area contributed by atoms with Crippen LogP contribution >= 0.6 is 11.6 Å². The topological polar surface area (TPSA) is 61.9 Å². The number of halogens is 3. The molecule has 2 aliphatic heterocycles. The molecule has 0 spiro atoms. The van der Waals surface area contributed by atoms with E-state index in [1.165, 1.54) is 28.0 Å². The van der Waals surface area contributed by atoms with Crippen LogP contribution in [0.15, 0.2) is 30.3 Å². The molecule has 2 heterocycles. The van der Waals surface area contributed by atoms with E-state index in [-0.39, 0.29) is 36.2 Å². The zero-order chi connectivity index (χ0) is 21.6. The first-order valence-electron chi connectivity index (χ1n) is 9.47. The number of likely N-dealkylation sites (tertiary alicyclic amines) is 1. The third-order valence-electron chi connectivity index (χ3n) is 5.33. The number of amides is 3. The molecule has 158 valence electrons. The summed E-state index contributed by atoms with van der Waals surface area (Å²) in [6.07, 6.45) is -0.761. The lowest BCUT2D eigenvalue weighted by Gasteiger charge is -2.38. The van der Waals surface area contributed by atoms with Crippen molar-refractivity contribution in [2.75, 3.05) is 25.0 Å². The van der Waals surface area contributed by atoms with Gasteiger partial charge in [0, 0.05) is 19.5 Å². The fraction of sp³-hybridized carbons (Fsp3) is 0.333. The average molecular weight is 436 g/mol. The standard InChI is InChI=1S/C21H20ClF2N3O3/c1-11-3-4-12-7-16(25-21(29)27-9-14(24)10-27)20(28)26(2)18(12)19(11)30-17-8-13(23)5-6-15(17)22/h3-6,8,14,16H,7,9-10H2,1-2H3,(H,25,29)/t16-/m1/s1.